The molecule has 2 aromatic rings. The first-order valence-corrected chi connectivity index (χ1v) is 7.01. The highest BCUT2D eigenvalue weighted by molar-refractivity contribution is 7.10. The lowest BCUT2D eigenvalue weighted by atomic mass is 10.0. The van der Waals surface area contributed by atoms with Gasteiger partial charge in [0.2, 0.25) is 0 Å². The first kappa shape index (κ1) is 12.6. The Morgan fingerprint density at radius 3 is 2.41 bits per heavy atom. The van der Waals surface area contributed by atoms with Gasteiger partial charge in [0.25, 0.3) is 0 Å². The predicted molar refractivity (Wildman–Crippen MR) is 76.1 cm³/mol. The van der Waals surface area contributed by atoms with E-state index in [0.717, 1.165) is 11.4 Å². The Hall–Kier alpha value is -0.830. The zero-order chi connectivity index (χ0) is 12.3. The van der Waals surface area contributed by atoms with E-state index in [2.05, 4.69) is 36.5 Å². The predicted octanol–water partition coefficient (Wildman–Crippen LogP) is 4.27. The van der Waals surface area contributed by atoms with Gasteiger partial charge in [0, 0.05) is 4.88 Å². The van der Waals surface area contributed by atoms with E-state index in [4.69, 9.17) is 11.6 Å². The second-order valence-electron chi connectivity index (χ2n) is 3.95. The largest absolute Gasteiger partial charge is 0.309 e. The van der Waals surface area contributed by atoms with Crippen LogP contribution in [0.25, 0.3) is 0 Å². The molecule has 17 heavy (non-hydrogen) atoms. The van der Waals surface area contributed by atoms with Crippen LogP contribution in [0.4, 0.5) is 0 Å². The Bertz CT molecular complexity index is 475. The molecule has 0 aliphatic rings. The molecule has 1 heterocycles. The summed E-state index contributed by atoms with van der Waals surface area (Å²) in [6.45, 7) is 2.17. The average molecular weight is 266 g/mol. The van der Waals surface area contributed by atoms with E-state index in [1.807, 2.05) is 18.5 Å². The van der Waals surface area contributed by atoms with Crippen molar-refractivity contribution in [2.24, 2.45) is 0 Å². The van der Waals surface area contributed by atoms with Crippen molar-refractivity contribution in [1.29, 1.82) is 0 Å². The molecule has 0 fully saturated rings. The standard InChI is InChI=1S/C14H16ClNS/c1-3-10-4-6-11(7-5-10)13(16-2)14-12(15)8-9-17-14/h4-9,13,16H,3H2,1-2H3. The summed E-state index contributed by atoms with van der Waals surface area (Å²) < 4.78 is 0. The van der Waals surface area contributed by atoms with Crippen molar-refractivity contribution in [2.75, 3.05) is 7.05 Å². The van der Waals surface area contributed by atoms with E-state index >= 15 is 0 Å². The van der Waals surface area contributed by atoms with E-state index in [0.29, 0.717) is 0 Å². The highest BCUT2D eigenvalue weighted by atomic mass is 35.5. The monoisotopic (exact) mass is 265 g/mol. The number of benzene rings is 1. The van der Waals surface area contributed by atoms with Crippen LogP contribution in [-0.4, -0.2) is 7.05 Å². The molecule has 1 aromatic heterocycles. The van der Waals surface area contributed by atoms with Gasteiger partial charge in [0.05, 0.1) is 11.1 Å². The van der Waals surface area contributed by atoms with E-state index < -0.39 is 0 Å². The summed E-state index contributed by atoms with van der Waals surface area (Å²) in [5, 5.41) is 6.20. The van der Waals surface area contributed by atoms with Gasteiger partial charge in [-0.1, -0.05) is 42.8 Å². The number of halogens is 1. The molecular formula is C14H16ClNS. The second-order valence-corrected chi connectivity index (χ2v) is 5.30. The maximum absolute atomic E-state index is 6.19. The third-order valence-corrected chi connectivity index (χ3v) is 4.34. The molecule has 1 N–H and O–H groups in total. The lowest BCUT2D eigenvalue weighted by molar-refractivity contribution is 0.703. The van der Waals surface area contributed by atoms with Crippen LogP contribution in [0.3, 0.4) is 0 Å². The minimum Gasteiger partial charge on any atom is -0.309 e. The summed E-state index contributed by atoms with van der Waals surface area (Å²) in [5.74, 6) is 0. The Balaban J connectivity index is 2.32. The maximum atomic E-state index is 6.19. The molecule has 0 aliphatic heterocycles. The van der Waals surface area contributed by atoms with Crippen molar-refractivity contribution in [3.8, 4) is 0 Å². The van der Waals surface area contributed by atoms with Gasteiger partial charge >= 0.3 is 0 Å². The smallest absolute Gasteiger partial charge is 0.0683 e. The summed E-state index contributed by atoms with van der Waals surface area (Å²) in [4.78, 5) is 1.18. The average Bonchev–Trinajstić information content (AvgIpc) is 2.78. The molecule has 0 spiro atoms. The Labute approximate surface area is 111 Å². The normalized spacial score (nSPS) is 12.6. The van der Waals surface area contributed by atoms with Crippen molar-refractivity contribution >= 4 is 22.9 Å². The van der Waals surface area contributed by atoms with E-state index in [9.17, 15) is 0 Å². The lowest BCUT2D eigenvalue weighted by Gasteiger charge is -2.16. The molecule has 2 rings (SSSR count). The second kappa shape index (κ2) is 5.67. The van der Waals surface area contributed by atoms with Gasteiger partial charge in [-0.2, -0.15) is 0 Å². The number of rotatable bonds is 4. The molecule has 0 amide bonds. The number of hydrogen-bond acceptors (Lipinski definition) is 2. The fourth-order valence-corrected chi connectivity index (χ4v) is 3.21. The molecule has 1 nitrogen and oxygen atoms in total. The minimum atomic E-state index is 0.188. The fourth-order valence-electron chi connectivity index (χ4n) is 1.91. The molecule has 0 bridgehead atoms. The first-order chi connectivity index (χ1) is 8.26. The minimum absolute atomic E-state index is 0.188. The van der Waals surface area contributed by atoms with Gasteiger partial charge < -0.3 is 5.32 Å². The molecule has 0 aliphatic carbocycles. The van der Waals surface area contributed by atoms with Crippen molar-refractivity contribution in [1.82, 2.24) is 5.32 Å². The summed E-state index contributed by atoms with van der Waals surface area (Å²) in [6, 6.07) is 10.9. The van der Waals surface area contributed by atoms with Crippen molar-refractivity contribution in [3.05, 3.63) is 56.7 Å². The van der Waals surface area contributed by atoms with Gasteiger partial charge in [0.1, 0.15) is 0 Å². The molecule has 0 saturated heterocycles. The number of aryl methyl sites for hydroxylation is 1. The Morgan fingerprint density at radius 1 is 1.24 bits per heavy atom. The van der Waals surface area contributed by atoms with Crippen LogP contribution < -0.4 is 5.32 Å². The van der Waals surface area contributed by atoms with Crippen LogP contribution >= 0.6 is 22.9 Å². The van der Waals surface area contributed by atoms with E-state index in [1.165, 1.54) is 16.0 Å². The van der Waals surface area contributed by atoms with Crippen LogP contribution in [0.5, 0.6) is 0 Å². The van der Waals surface area contributed by atoms with Gasteiger partial charge in [-0.25, -0.2) is 0 Å². The SMILES string of the molecule is CCc1ccc(C(NC)c2sccc2Cl)cc1. The Morgan fingerprint density at radius 2 is 1.94 bits per heavy atom. The van der Waals surface area contributed by atoms with Gasteiger partial charge in [0.15, 0.2) is 0 Å². The molecule has 0 saturated carbocycles. The van der Waals surface area contributed by atoms with Crippen LogP contribution in [-0.2, 0) is 6.42 Å². The molecule has 90 valence electrons. The van der Waals surface area contributed by atoms with Crippen molar-refractivity contribution in [3.63, 3.8) is 0 Å². The summed E-state index contributed by atoms with van der Waals surface area (Å²) in [5.41, 5.74) is 2.62. The molecule has 1 aromatic carbocycles. The number of hydrogen-bond donors (Lipinski definition) is 1. The summed E-state index contributed by atoms with van der Waals surface area (Å²) in [7, 11) is 1.97. The van der Waals surface area contributed by atoms with E-state index in [1.54, 1.807) is 11.3 Å². The zero-order valence-electron chi connectivity index (χ0n) is 10.0. The van der Waals surface area contributed by atoms with Crippen LogP contribution in [0, 0.1) is 0 Å². The Kier molecular flexibility index (Phi) is 4.21. The molecule has 3 heteroatoms. The highest BCUT2D eigenvalue weighted by Crippen LogP contribution is 2.32. The topological polar surface area (TPSA) is 12.0 Å². The van der Waals surface area contributed by atoms with Crippen LogP contribution in [0.15, 0.2) is 35.7 Å². The molecule has 0 radical (unpaired) electrons. The zero-order valence-corrected chi connectivity index (χ0v) is 11.6. The van der Waals surface area contributed by atoms with Crippen molar-refractivity contribution < 1.29 is 0 Å². The summed E-state index contributed by atoms with van der Waals surface area (Å²) >= 11 is 7.88. The molecular weight excluding hydrogens is 250 g/mol. The summed E-state index contributed by atoms with van der Waals surface area (Å²) in [6.07, 6.45) is 1.07. The number of thiophene rings is 1. The van der Waals surface area contributed by atoms with Crippen LogP contribution in [0.2, 0.25) is 5.02 Å². The van der Waals surface area contributed by atoms with Gasteiger partial charge in [-0.3, -0.25) is 0 Å². The first-order valence-electron chi connectivity index (χ1n) is 5.75. The van der Waals surface area contributed by atoms with Gasteiger partial charge in [-0.05, 0) is 36.0 Å². The lowest BCUT2D eigenvalue weighted by Crippen LogP contribution is -2.16. The third-order valence-electron chi connectivity index (χ3n) is 2.92. The fraction of sp³-hybridized carbons (Fsp3) is 0.286. The van der Waals surface area contributed by atoms with E-state index in [-0.39, 0.29) is 6.04 Å². The third kappa shape index (κ3) is 2.71. The number of nitrogens with one attached hydrogen (secondary N) is 1. The highest BCUT2D eigenvalue weighted by Gasteiger charge is 2.16. The quantitative estimate of drug-likeness (QED) is 0.870. The molecule has 1 atom stereocenters. The van der Waals surface area contributed by atoms with Crippen molar-refractivity contribution in [2.45, 2.75) is 19.4 Å². The maximum Gasteiger partial charge on any atom is 0.0683 e. The van der Waals surface area contributed by atoms with Crippen LogP contribution in [0.1, 0.15) is 29.0 Å². The van der Waals surface area contributed by atoms with Gasteiger partial charge in [-0.15, -0.1) is 11.3 Å². The molecule has 1 unspecified atom stereocenters.